The third-order valence-corrected chi connectivity index (χ3v) is 6.52. The van der Waals surface area contributed by atoms with E-state index < -0.39 is 6.04 Å². The predicted molar refractivity (Wildman–Crippen MR) is 117 cm³/mol. The molecule has 0 spiro atoms. The number of hydrogen-bond donors (Lipinski definition) is 1. The lowest BCUT2D eigenvalue weighted by Gasteiger charge is -2.47. The van der Waals surface area contributed by atoms with Gasteiger partial charge in [0.2, 0.25) is 11.8 Å². The number of benzene rings is 2. The van der Waals surface area contributed by atoms with Gasteiger partial charge in [-0.3, -0.25) is 9.59 Å². The molecule has 1 fully saturated rings. The van der Waals surface area contributed by atoms with Crippen LogP contribution in [0, 0.1) is 6.92 Å². The van der Waals surface area contributed by atoms with Crippen molar-refractivity contribution in [1.29, 1.82) is 0 Å². The van der Waals surface area contributed by atoms with Gasteiger partial charge in [-0.1, -0.05) is 61.4 Å². The average molecular weight is 402 g/mol. The van der Waals surface area contributed by atoms with Gasteiger partial charge >= 0.3 is 0 Å². The van der Waals surface area contributed by atoms with E-state index in [1.807, 2.05) is 17.0 Å². The van der Waals surface area contributed by atoms with Crippen molar-refractivity contribution in [2.75, 3.05) is 13.1 Å². The normalized spacial score (nSPS) is 21.1. The number of fused-ring (bicyclic) bond motifs is 4. The van der Waals surface area contributed by atoms with Crippen LogP contribution in [0.4, 0.5) is 0 Å². The zero-order valence-electron chi connectivity index (χ0n) is 17.5. The molecule has 3 aromatic rings. The predicted octanol–water partition coefficient (Wildman–Crippen LogP) is 3.96. The number of piperazine rings is 1. The number of para-hydroxylation sites is 1. The summed E-state index contributed by atoms with van der Waals surface area (Å²) in [4.78, 5) is 34.0. The van der Waals surface area contributed by atoms with Crippen LogP contribution in [-0.2, 0) is 16.0 Å². The second-order valence-electron chi connectivity index (χ2n) is 8.51. The van der Waals surface area contributed by atoms with Crippen LogP contribution in [0.25, 0.3) is 10.9 Å². The Morgan fingerprint density at radius 3 is 2.60 bits per heavy atom. The summed E-state index contributed by atoms with van der Waals surface area (Å²) in [6.07, 6.45) is 2.49. The van der Waals surface area contributed by atoms with E-state index in [9.17, 15) is 9.59 Å². The van der Waals surface area contributed by atoms with E-state index in [2.05, 4.69) is 55.2 Å². The van der Waals surface area contributed by atoms with Crippen molar-refractivity contribution in [2.24, 2.45) is 0 Å². The van der Waals surface area contributed by atoms with Crippen molar-refractivity contribution in [3.8, 4) is 0 Å². The number of aromatic amines is 1. The van der Waals surface area contributed by atoms with Crippen molar-refractivity contribution < 1.29 is 9.59 Å². The molecule has 3 heterocycles. The summed E-state index contributed by atoms with van der Waals surface area (Å²) in [7, 11) is 0. The minimum Gasteiger partial charge on any atom is -0.356 e. The van der Waals surface area contributed by atoms with Crippen LogP contribution < -0.4 is 0 Å². The van der Waals surface area contributed by atoms with Crippen LogP contribution in [0.3, 0.4) is 0 Å². The maximum absolute atomic E-state index is 13.4. The van der Waals surface area contributed by atoms with Crippen molar-refractivity contribution in [2.45, 2.75) is 45.2 Å². The van der Waals surface area contributed by atoms with Gasteiger partial charge in [0.05, 0.1) is 12.6 Å². The lowest BCUT2D eigenvalue weighted by Crippen LogP contribution is -2.63. The lowest BCUT2D eigenvalue weighted by molar-refractivity contribution is -0.158. The fourth-order valence-electron chi connectivity index (χ4n) is 4.96. The minimum atomic E-state index is -0.443. The van der Waals surface area contributed by atoms with Gasteiger partial charge in [0.25, 0.3) is 0 Å². The largest absolute Gasteiger partial charge is 0.356 e. The third kappa shape index (κ3) is 2.92. The zero-order valence-corrected chi connectivity index (χ0v) is 17.5. The average Bonchev–Trinajstić information content (AvgIpc) is 3.13. The molecule has 5 rings (SSSR count). The number of amides is 2. The number of H-pyrrole nitrogens is 1. The Bertz CT molecular complexity index is 1120. The summed E-state index contributed by atoms with van der Waals surface area (Å²) >= 11 is 0. The first-order valence-corrected chi connectivity index (χ1v) is 10.8. The Hall–Kier alpha value is -3.08. The van der Waals surface area contributed by atoms with Crippen LogP contribution in [0.2, 0.25) is 0 Å². The molecule has 0 bridgehead atoms. The molecular formula is C25H27N3O2. The Morgan fingerprint density at radius 2 is 1.83 bits per heavy atom. The lowest BCUT2D eigenvalue weighted by atomic mass is 9.86. The molecule has 0 radical (unpaired) electrons. The first-order chi connectivity index (χ1) is 14.6. The fourth-order valence-corrected chi connectivity index (χ4v) is 4.96. The Labute approximate surface area is 176 Å². The molecular weight excluding hydrogens is 374 g/mol. The number of rotatable bonds is 4. The molecule has 154 valence electrons. The number of hydrogen-bond acceptors (Lipinski definition) is 2. The molecule has 1 N–H and O–H groups in total. The highest BCUT2D eigenvalue weighted by atomic mass is 16.2. The SMILES string of the molecule is CCCCN1CC(=O)N2[C@@H](c3ccc(C)cc3)c3[nH]c4ccccc4c3C[C@@H]2C1=O. The smallest absolute Gasteiger partial charge is 0.246 e. The van der Waals surface area contributed by atoms with Gasteiger partial charge in [-0.05, 0) is 30.5 Å². The van der Waals surface area contributed by atoms with Crippen LogP contribution >= 0.6 is 0 Å². The molecule has 0 unspecified atom stereocenters. The zero-order chi connectivity index (χ0) is 20.8. The van der Waals surface area contributed by atoms with Crippen molar-refractivity contribution in [3.05, 3.63) is 70.9 Å². The molecule has 1 saturated heterocycles. The summed E-state index contributed by atoms with van der Waals surface area (Å²) in [5, 5.41) is 1.15. The summed E-state index contributed by atoms with van der Waals surface area (Å²) in [6.45, 7) is 4.99. The minimum absolute atomic E-state index is 0.0329. The van der Waals surface area contributed by atoms with Crippen LogP contribution in [0.5, 0.6) is 0 Å². The van der Waals surface area contributed by atoms with Crippen LogP contribution in [-0.4, -0.2) is 45.7 Å². The number of nitrogens with one attached hydrogen (secondary N) is 1. The molecule has 30 heavy (non-hydrogen) atoms. The van der Waals surface area contributed by atoms with Gasteiger partial charge in [0.15, 0.2) is 0 Å². The number of unbranched alkanes of at least 4 members (excludes halogenated alkanes) is 1. The van der Waals surface area contributed by atoms with E-state index in [1.54, 1.807) is 4.90 Å². The van der Waals surface area contributed by atoms with E-state index in [1.165, 1.54) is 5.56 Å². The van der Waals surface area contributed by atoms with E-state index in [0.29, 0.717) is 13.0 Å². The highest BCUT2D eigenvalue weighted by Crippen LogP contribution is 2.42. The molecule has 2 aliphatic heterocycles. The van der Waals surface area contributed by atoms with Crippen molar-refractivity contribution in [3.63, 3.8) is 0 Å². The maximum Gasteiger partial charge on any atom is 0.246 e. The van der Waals surface area contributed by atoms with Crippen molar-refractivity contribution in [1.82, 2.24) is 14.8 Å². The Kier molecular flexibility index (Phi) is 4.61. The van der Waals surface area contributed by atoms with Crippen molar-refractivity contribution >= 4 is 22.7 Å². The molecule has 1 aromatic heterocycles. The number of aryl methyl sites for hydroxylation is 1. The van der Waals surface area contributed by atoms with Crippen LogP contribution in [0.15, 0.2) is 48.5 Å². The monoisotopic (exact) mass is 401 g/mol. The van der Waals surface area contributed by atoms with Gasteiger partial charge < -0.3 is 14.8 Å². The third-order valence-electron chi connectivity index (χ3n) is 6.52. The van der Waals surface area contributed by atoms with E-state index in [-0.39, 0.29) is 24.4 Å². The van der Waals surface area contributed by atoms with Gasteiger partial charge in [0, 0.05) is 29.6 Å². The highest BCUT2D eigenvalue weighted by Gasteiger charge is 2.47. The summed E-state index contributed by atoms with van der Waals surface area (Å²) in [5.41, 5.74) is 5.48. The van der Waals surface area contributed by atoms with E-state index in [4.69, 9.17) is 0 Å². The topological polar surface area (TPSA) is 56.4 Å². The maximum atomic E-state index is 13.4. The second kappa shape index (κ2) is 7.31. The molecule has 2 aromatic carbocycles. The molecule has 2 amide bonds. The van der Waals surface area contributed by atoms with E-state index in [0.717, 1.165) is 40.6 Å². The molecule has 0 aliphatic carbocycles. The van der Waals surface area contributed by atoms with Gasteiger partial charge in [-0.15, -0.1) is 0 Å². The molecule has 0 saturated carbocycles. The number of aromatic nitrogens is 1. The second-order valence-corrected chi connectivity index (χ2v) is 8.51. The molecule has 5 heteroatoms. The molecule has 2 atom stereocenters. The standard InChI is InChI=1S/C25H27N3O2/c1-3-4-13-27-15-22(29)28-21(25(27)30)14-19-18-7-5-6-8-20(18)26-23(19)24(28)17-11-9-16(2)10-12-17/h5-12,21,24,26H,3-4,13-15H2,1-2H3/t21-,24+/m1/s1. The van der Waals surface area contributed by atoms with E-state index >= 15 is 0 Å². The van der Waals surface area contributed by atoms with Gasteiger partial charge in [-0.2, -0.15) is 0 Å². The highest BCUT2D eigenvalue weighted by molar-refractivity contribution is 5.97. The number of nitrogens with zero attached hydrogens (tertiary/aromatic N) is 2. The molecule has 2 aliphatic rings. The number of carbonyl (C=O) groups is 2. The fraction of sp³-hybridized carbons (Fsp3) is 0.360. The van der Waals surface area contributed by atoms with Crippen LogP contribution in [0.1, 0.15) is 48.2 Å². The first-order valence-electron chi connectivity index (χ1n) is 10.8. The van der Waals surface area contributed by atoms with Gasteiger partial charge in [0.1, 0.15) is 6.04 Å². The number of carbonyl (C=O) groups excluding carboxylic acids is 2. The summed E-state index contributed by atoms with van der Waals surface area (Å²) < 4.78 is 0. The molecule has 5 nitrogen and oxygen atoms in total. The van der Waals surface area contributed by atoms with Gasteiger partial charge in [-0.25, -0.2) is 0 Å². The summed E-state index contributed by atoms with van der Waals surface area (Å²) in [6, 6.07) is 15.8. The first kappa shape index (κ1) is 18.9. The Morgan fingerprint density at radius 1 is 1.07 bits per heavy atom. The Balaban J connectivity index is 1.66. The quantitative estimate of drug-likeness (QED) is 0.719. The summed E-state index contributed by atoms with van der Waals surface area (Å²) in [5.74, 6) is 0.113.